The molecular weight excluding hydrogens is 352 g/mol. The number of aromatic nitrogens is 2. The van der Waals surface area contributed by atoms with Crippen LogP contribution in [0.25, 0.3) is 0 Å². The lowest BCUT2D eigenvalue weighted by molar-refractivity contribution is -0.158. The Hall–Kier alpha value is -2.13. The van der Waals surface area contributed by atoms with Crippen molar-refractivity contribution in [1.29, 1.82) is 0 Å². The van der Waals surface area contributed by atoms with Crippen molar-refractivity contribution in [2.45, 2.75) is 38.8 Å². The van der Waals surface area contributed by atoms with Gasteiger partial charge in [-0.1, -0.05) is 18.5 Å². The Morgan fingerprint density at radius 1 is 1.44 bits per heavy atom. The van der Waals surface area contributed by atoms with Gasteiger partial charge in [0.25, 0.3) is 5.91 Å². The van der Waals surface area contributed by atoms with E-state index in [1.807, 2.05) is 6.92 Å². The Kier molecular flexibility index (Phi) is 6.38. The first-order chi connectivity index (χ1) is 11.9. The highest BCUT2D eigenvalue weighted by Crippen LogP contribution is 2.17. The van der Waals surface area contributed by atoms with E-state index in [9.17, 15) is 14.4 Å². The Balaban J connectivity index is 2.05. The van der Waals surface area contributed by atoms with Gasteiger partial charge in [0.15, 0.2) is 11.0 Å². The number of H-pyrrole nitrogens is 1. The Morgan fingerprint density at radius 3 is 2.72 bits per heavy atom. The van der Waals surface area contributed by atoms with E-state index in [-0.39, 0.29) is 30.1 Å². The van der Waals surface area contributed by atoms with Crippen LogP contribution in [0.4, 0.5) is 0 Å². The van der Waals surface area contributed by atoms with Gasteiger partial charge in [0.05, 0.1) is 17.8 Å². The van der Waals surface area contributed by atoms with Crippen molar-refractivity contribution in [2.24, 2.45) is 0 Å². The topological polar surface area (TPSA) is 125 Å². The molecule has 1 fully saturated rings. The number of aromatic amines is 1. The number of halogens is 1. The number of likely N-dealkylation sites (tertiary alicyclic amines) is 1. The number of amides is 2. The van der Waals surface area contributed by atoms with E-state index in [4.69, 9.17) is 21.4 Å². The number of piperidine rings is 1. The molecule has 138 valence electrons. The number of nitrogens with one attached hydrogen (secondary N) is 2. The quantitative estimate of drug-likeness (QED) is 0.644. The number of nitrogens with zero attached hydrogens (tertiary/aromatic N) is 2. The second-order valence-corrected chi connectivity index (χ2v) is 5.99. The fourth-order valence-electron chi connectivity index (χ4n) is 2.75. The summed E-state index contributed by atoms with van der Waals surface area (Å²) < 4.78 is 5.58. The molecule has 1 aromatic heterocycles. The van der Waals surface area contributed by atoms with E-state index < -0.39 is 23.9 Å². The van der Waals surface area contributed by atoms with E-state index in [1.165, 1.54) is 4.90 Å². The van der Waals surface area contributed by atoms with Crippen LogP contribution in [-0.4, -0.2) is 69.6 Å². The molecule has 0 aliphatic carbocycles. The predicted octanol–water partition coefficient (Wildman–Crippen LogP) is 0.446. The van der Waals surface area contributed by atoms with Gasteiger partial charge in [-0.05, 0) is 19.8 Å². The number of hydrogen-bond acceptors (Lipinski definition) is 5. The number of aryl methyl sites for hydroxylation is 1. The third-order valence-corrected chi connectivity index (χ3v) is 4.34. The molecule has 2 amide bonds. The lowest BCUT2D eigenvalue weighted by Gasteiger charge is -2.37. The molecule has 1 aliphatic rings. The van der Waals surface area contributed by atoms with Crippen molar-refractivity contribution < 1.29 is 24.2 Å². The van der Waals surface area contributed by atoms with Crippen molar-refractivity contribution >= 4 is 29.4 Å². The Bertz CT molecular complexity index is 662. The number of aliphatic carboxylic acids is 1. The van der Waals surface area contributed by atoms with Crippen LogP contribution in [0.1, 0.15) is 36.6 Å². The van der Waals surface area contributed by atoms with Crippen molar-refractivity contribution in [3.8, 4) is 0 Å². The summed E-state index contributed by atoms with van der Waals surface area (Å²) in [5.41, 5.74) is 0.676. The maximum absolute atomic E-state index is 12.4. The van der Waals surface area contributed by atoms with Gasteiger partial charge in [-0.25, -0.2) is 9.78 Å². The van der Waals surface area contributed by atoms with E-state index in [1.54, 1.807) is 6.92 Å². The number of rotatable bonds is 5. The van der Waals surface area contributed by atoms with Gasteiger partial charge in [-0.3, -0.25) is 9.59 Å². The molecule has 0 aromatic carbocycles. The van der Waals surface area contributed by atoms with Crippen molar-refractivity contribution in [1.82, 2.24) is 20.2 Å². The molecule has 2 atom stereocenters. The zero-order chi connectivity index (χ0) is 18.6. The summed E-state index contributed by atoms with van der Waals surface area (Å²) in [7, 11) is 0. The molecule has 0 spiro atoms. The molecule has 1 aromatic rings. The Morgan fingerprint density at radius 2 is 2.16 bits per heavy atom. The highest BCUT2D eigenvalue weighted by Gasteiger charge is 2.35. The minimum absolute atomic E-state index is 0.100. The van der Waals surface area contributed by atoms with Gasteiger partial charge < -0.3 is 25.0 Å². The zero-order valence-electron chi connectivity index (χ0n) is 14.0. The van der Waals surface area contributed by atoms with E-state index in [2.05, 4.69) is 15.3 Å². The number of carboxylic acids is 1. The molecule has 1 saturated heterocycles. The molecule has 2 heterocycles. The van der Waals surface area contributed by atoms with Gasteiger partial charge in [0.2, 0.25) is 0 Å². The van der Waals surface area contributed by atoms with Crippen molar-refractivity contribution in [2.75, 3.05) is 19.7 Å². The van der Waals surface area contributed by atoms with Crippen LogP contribution >= 0.6 is 11.6 Å². The number of hydrogen-bond donors (Lipinski definition) is 3. The summed E-state index contributed by atoms with van der Waals surface area (Å²) >= 11 is 5.95. The lowest BCUT2D eigenvalue weighted by Crippen LogP contribution is -2.57. The predicted molar refractivity (Wildman–Crippen MR) is 88.5 cm³/mol. The first-order valence-electron chi connectivity index (χ1n) is 8.06. The molecule has 10 heteroatoms. The van der Waals surface area contributed by atoms with Gasteiger partial charge in [-0.15, -0.1) is 0 Å². The summed E-state index contributed by atoms with van der Waals surface area (Å²) in [4.78, 5) is 42.9. The smallest absolute Gasteiger partial charge is 0.394 e. The molecule has 0 saturated carbocycles. The molecule has 2 unspecified atom stereocenters. The highest BCUT2D eigenvalue weighted by molar-refractivity contribution is 6.31. The van der Waals surface area contributed by atoms with E-state index >= 15 is 0 Å². The van der Waals surface area contributed by atoms with Crippen molar-refractivity contribution in [3.05, 3.63) is 16.7 Å². The van der Waals surface area contributed by atoms with Crippen LogP contribution in [0.5, 0.6) is 0 Å². The summed E-state index contributed by atoms with van der Waals surface area (Å²) in [5.74, 6) is -2.79. The molecule has 3 N–H and O–H groups in total. The molecule has 0 bridgehead atoms. The largest absolute Gasteiger partial charge is 0.474 e. The highest BCUT2D eigenvalue weighted by atomic mass is 35.5. The van der Waals surface area contributed by atoms with Crippen LogP contribution in [0.2, 0.25) is 5.15 Å². The SMILES string of the molecule is CCOC1CN(C(=O)C(=O)O)CCC1NC(=O)c1nc(Cl)c(CC)[nH]1. The standard InChI is InChI=1S/C15H21ClN4O5/c1-3-8-11(16)19-12(17-8)13(21)18-9-5-6-20(14(22)15(23)24)7-10(9)25-4-2/h9-10H,3-7H2,1-2H3,(H,17,19)(H,18,21)(H,23,24). The van der Waals surface area contributed by atoms with Crippen molar-refractivity contribution in [3.63, 3.8) is 0 Å². The number of carbonyl (C=O) groups excluding carboxylic acids is 2. The lowest BCUT2D eigenvalue weighted by atomic mass is 10.0. The fourth-order valence-corrected chi connectivity index (χ4v) is 3.02. The van der Waals surface area contributed by atoms with E-state index in [0.29, 0.717) is 25.1 Å². The average Bonchev–Trinajstić information content (AvgIpc) is 2.96. The normalized spacial score (nSPS) is 20.4. The zero-order valence-corrected chi connectivity index (χ0v) is 14.8. The summed E-state index contributed by atoms with van der Waals surface area (Å²) in [5, 5.41) is 11.9. The summed E-state index contributed by atoms with van der Waals surface area (Å²) in [6.07, 6.45) is 0.503. The maximum atomic E-state index is 12.4. The average molecular weight is 373 g/mol. The summed E-state index contributed by atoms with van der Waals surface area (Å²) in [6.45, 7) is 4.37. The monoisotopic (exact) mass is 372 g/mol. The van der Waals surface area contributed by atoms with Crippen LogP contribution < -0.4 is 5.32 Å². The minimum Gasteiger partial charge on any atom is -0.474 e. The first kappa shape index (κ1) is 19.2. The third-order valence-electron chi connectivity index (χ3n) is 4.02. The number of ether oxygens (including phenoxy) is 1. The second-order valence-electron chi connectivity index (χ2n) is 5.63. The first-order valence-corrected chi connectivity index (χ1v) is 8.44. The molecule has 9 nitrogen and oxygen atoms in total. The molecule has 1 aliphatic heterocycles. The van der Waals surface area contributed by atoms with Crippen LogP contribution in [0.15, 0.2) is 0 Å². The Labute approximate surface area is 149 Å². The fraction of sp³-hybridized carbons (Fsp3) is 0.600. The number of imidazole rings is 1. The van der Waals surface area contributed by atoms with Crippen LogP contribution in [0.3, 0.4) is 0 Å². The van der Waals surface area contributed by atoms with Gasteiger partial charge in [0, 0.05) is 19.7 Å². The third kappa shape index (κ3) is 4.49. The number of carbonyl (C=O) groups is 3. The minimum atomic E-state index is -1.50. The van der Waals surface area contributed by atoms with Gasteiger partial charge >= 0.3 is 11.9 Å². The van der Waals surface area contributed by atoms with Gasteiger partial charge in [0.1, 0.15) is 0 Å². The van der Waals surface area contributed by atoms with Crippen LogP contribution in [-0.2, 0) is 20.7 Å². The van der Waals surface area contributed by atoms with Gasteiger partial charge in [-0.2, -0.15) is 0 Å². The summed E-state index contributed by atoms with van der Waals surface area (Å²) in [6, 6.07) is -0.362. The second kappa shape index (κ2) is 8.30. The molecule has 0 radical (unpaired) electrons. The molecule has 2 rings (SSSR count). The maximum Gasteiger partial charge on any atom is 0.394 e. The van der Waals surface area contributed by atoms with E-state index in [0.717, 1.165) is 0 Å². The van der Waals surface area contributed by atoms with Crippen LogP contribution in [0, 0.1) is 0 Å². The molecular formula is C15H21ClN4O5. The molecule has 25 heavy (non-hydrogen) atoms. The number of carboxylic acid groups (broad SMARTS) is 1.